The van der Waals surface area contributed by atoms with Gasteiger partial charge in [0, 0.05) is 27.1 Å². The highest BCUT2D eigenvalue weighted by Crippen LogP contribution is 2.29. The van der Waals surface area contributed by atoms with Crippen molar-refractivity contribution in [1.82, 2.24) is 0 Å². The summed E-state index contributed by atoms with van der Waals surface area (Å²) in [5.41, 5.74) is 1.13. The van der Waals surface area contributed by atoms with Crippen LogP contribution in [0.15, 0.2) is 27.7 Å². The molecule has 0 spiro atoms. The van der Waals surface area contributed by atoms with Crippen molar-refractivity contribution in [3.8, 4) is 0 Å². The maximum absolute atomic E-state index is 10.7. The van der Waals surface area contributed by atoms with Gasteiger partial charge in [0.1, 0.15) is 5.58 Å². The van der Waals surface area contributed by atoms with E-state index in [1.165, 1.54) is 0 Å². The van der Waals surface area contributed by atoms with Crippen molar-refractivity contribution in [2.24, 2.45) is 0 Å². The summed E-state index contributed by atoms with van der Waals surface area (Å²) in [6.07, 6.45) is 0. The van der Waals surface area contributed by atoms with Crippen molar-refractivity contribution in [3.63, 3.8) is 0 Å². The molecule has 74 valence electrons. The van der Waals surface area contributed by atoms with Crippen LogP contribution in [0.1, 0.15) is 5.56 Å². The molecule has 0 fully saturated rings. The summed E-state index contributed by atoms with van der Waals surface area (Å²) in [5, 5.41) is 1.27. The van der Waals surface area contributed by atoms with Gasteiger partial charge in [0.05, 0.1) is 0 Å². The Morgan fingerprint density at radius 2 is 2.21 bits per heavy atom. The monoisotopic (exact) mass is 229 g/mol. The molecule has 1 atom stereocenters. The Bertz CT molecular complexity index is 518. The summed E-state index contributed by atoms with van der Waals surface area (Å²) < 4.78 is 26.6. The third kappa shape index (κ3) is 1.45. The molecule has 2 rings (SSSR count). The number of furan rings is 1. The molecule has 1 aromatic carbocycles. The minimum atomic E-state index is -2.34. The zero-order valence-corrected chi connectivity index (χ0v) is 8.82. The fraction of sp³-hybridized carbons (Fsp3) is 0.111. The molecule has 0 saturated carbocycles. The van der Waals surface area contributed by atoms with Gasteiger partial charge in [-0.2, -0.15) is 0 Å². The van der Waals surface area contributed by atoms with Crippen LogP contribution in [-0.4, -0.2) is 8.76 Å². The molecular weight excluding hydrogens is 224 g/mol. The zero-order chi connectivity index (χ0) is 10.3. The van der Waals surface area contributed by atoms with E-state index in [2.05, 4.69) is 0 Å². The van der Waals surface area contributed by atoms with Crippen LogP contribution in [0.3, 0.4) is 0 Å². The second-order valence-corrected chi connectivity index (χ2v) is 4.17. The Balaban J connectivity index is 2.80. The molecule has 0 aliphatic carbocycles. The Hall–Kier alpha value is -0.840. The van der Waals surface area contributed by atoms with Gasteiger partial charge in [0.25, 0.3) is 0 Å². The SMILES string of the molecule is Cc1c(S(=O)[O-])oc2ccc(Cl)cc12. The highest BCUT2D eigenvalue weighted by atomic mass is 35.5. The quantitative estimate of drug-likeness (QED) is 0.707. The summed E-state index contributed by atoms with van der Waals surface area (Å²) in [6, 6.07) is 5.00. The van der Waals surface area contributed by atoms with Crippen LogP contribution in [0.5, 0.6) is 0 Å². The molecule has 1 unspecified atom stereocenters. The lowest BCUT2D eigenvalue weighted by Gasteiger charge is -1.99. The van der Waals surface area contributed by atoms with E-state index < -0.39 is 11.1 Å². The molecule has 14 heavy (non-hydrogen) atoms. The molecule has 5 heteroatoms. The van der Waals surface area contributed by atoms with Crippen LogP contribution in [-0.2, 0) is 11.1 Å². The van der Waals surface area contributed by atoms with E-state index in [-0.39, 0.29) is 5.09 Å². The molecule has 3 nitrogen and oxygen atoms in total. The Morgan fingerprint density at radius 1 is 1.50 bits per heavy atom. The van der Waals surface area contributed by atoms with Gasteiger partial charge in [0.15, 0.2) is 5.09 Å². The topological polar surface area (TPSA) is 53.3 Å². The molecule has 0 saturated heterocycles. The second-order valence-electron chi connectivity index (χ2n) is 2.89. The molecule has 1 heterocycles. The summed E-state index contributed by atoms with van der Waals surface area (Å²) in [6.45, 7) is 1.69. The van der Waals surface area contributed by atoms with Crippen molar-refractivity contribution < 1.29 is 13.2 Å². The number of rotatable bonds is 1. The summed E-state index contributed by atoms with van der Waals surface area (Å²) >= 11 is 3.44. The first-order chi connectivity index (χ1) is 6.59. The van der Waals surface area contributed by atoms with E-state index >= 15 is 0 Å². The minimum absolute atomic E-state index is 0.0257. The van der Waals surface area contributed by atoms with Crippen LogP contribution in [0.25, 0.3) is 11.0 Å². The first-order valence-corrected chi connectivity index (χ1v) is 5.33. The van der Waals surface area contributed by atoms with Crippen molar-refractivity contribution in [3.05, 3.63) is 28.8 Å². The van der Waals surface area contributed by atoms with Gasteiger partial charge >= 0.3 is 0 Å². The summed E-state index contributed by atoms with van der Waals surface area (Å²) in [7, 11) is 0. The molecule has 0 amide bonds. The van der Waals surface area contributed by atoms with E-state index in [4.69, 9.17) is 16.0 Å². The predicted molar refractivity (Wildman–Crippen MR) is 53.1 cm³/mol. The molecule has 0 aliphatic rings. The Morgan fingerprint density at radius 3 is 2.86 bits per heavy atom. The fourth-order valence-electron chi connectivity index (χ4n) is 1.33. The number of benzene rings is 1. The molecule has 1 aromatic heterocycles. The van der Waals surface area contributed by atoms with Gasteiger partial charge < -0.3 is 8.97 Å². The van der Waals surface area contributed by atoms with E-state index in [0.717, 1.165) is 5.39 Å². The fourth-order valence-corrected chi connectivity index (χ4v) is 2.02. The maximum Gasteiger partial charge on any atom is 0.181 e. The average Bonchev–Trinajstić information content (AvgIpc) is 2.44. The zero-order valence-electron chi connectivity index (χ0n) is 7.24. The summed E-state index contributed by atoms with van der Waals surface area (Å²) in [4.78, 5) is 0. The third-order valence-corrected chi connectivity index (χ3v) is 2.93. The predicted octanol–water partition coefficient (Wildman–Crippen LogP) is 2.63. The largest absolute Gasteiger partial charge is 0.766 e. The average molecular weight is 230 g/mol. The molecular formula is C9H6ClO3S-. The number of halogens is 1. The highest BCUT2D eigenvalue weighted by molar-refractivity contribution is 7.79. The van der Waals surface area contributed by atoms with Gasteiger partial charge in [0.2, 0.25) is 0 Å². The second kappa shape index (κ2) is 3.38. The Labute approximate surface area is 88.0 Å². The molecule has 0 N–H and O–H groups in total. The highest BCUT2D eigenvalue weighted by Gasteiger charge is 2.10. The van der Waals surface area contributed by atoms with Gasteiger partial charge in [-0.1, -0.05) is 11.6 Å². The normalized spacial score (nSPS) is 13.4. The lowest BCUT2D eigenvalue weighted by Crippen LogP contribution is -1.87. The lowest BCUT2D eigenvalue weighted by atomic mass is 10.2. The first-order valence-electron chi connectivity index (χ1n) is 3.87. The lowest BCUT2D eigenvalue weighted by molar-refractivity contribution is 0.456. The van der Waals surface area contributed by atoms with Crippen LogP contribution in [0.2, 0.25) is 5.02 Å². The van der Waals surface area contributed by atoms with Gasteiger partial charge in [-0.25, -0.2) is 0 Å². The molecule has 0 bridgehead atoms. The van der Waals surface area contributed by atoms with E-state index in [1.54, 1.807) is 25.1 Å². The third-order valence-electron chi connectivity index (χ3n) is 2.01. The van der Waals surface area contributed by atoms with Gasteiger partial charge in [-0.3, -0.25) is 4.21 Å². The van der Waals surface area contributed by atoms with Crippen LogP contribution >= 0.6 is 11.6 Å². The van der Waals surface area contributed by atoms with Crippen molar-refractivity contribution in [2.45, 2.75) is 12.0 Å². The van der Waals surface area contributed by atoms with Crippen molar-refractivity contribution in [2.75, 3.05) is 0 Å². The number of hydrogen-bond acceptors (Lipinski definition) is 3. The number of hydrogen-bond donors (Lipinski definition) is 0. The van der Waals surface area contributed by atoms with Gasteiger partial charge in [-0.05, 0) is 25.1 Å². The Kier molecular flexibility index (Phi) is 2.34. The molecule has 0 aliphatic heterocycles. The molecule has 0 radical (unpaired) electrons. The summed E-state index contributed by atoms with van der Waals surface area (Å²) in [5.74, 6) is 0. The van der Waals surface area contributed by atoms with Crippen LogP contribution in [0, 0.1) is 6.92 Å². The van der Waals surface area contributed by atoms with Crippen molar-refractivity contribution in [1.29, 1.82) is 0 Å². The van der Waals surface area contributed by atoms with E-state index in [1.807, 2.05) is 0 Å². The minimum Gasteiger partial charge on any atom is -0.766 e. The molecule has 2 aromatic rings. The van der Waals surface area contributed by atoms with E-state index in [0.29, 0.717) is 16.2 Å². The van der Waals surface area contributed by atoms with Crippen LogP contribution < -0.4 is 0 Å². The van der Waals surface area contributed by atoms with Crippen LogP contribution in [0.4, 0.5) is 0 Å². The van der Waals surface area contributed by atoms with Crippen molar-refractivity contribution >= 4 is 33.7 Å². The smallest absolute Gasteiger partial charge is 0.181 e. The number of aryl methyl sites for hydroxylation is 1. The maximum atomic E-state index is 10.7. The van der Waals surface area contributed by atoms with Gasteiger partial charge in [-0.15, -0.1) is 0 Å². The van der Waals surface area contributed by atoms with E-state index in [9.17, 15) is 8.76 Å². The standard InChI is InChI=1S/C9H7ClO3S/c1-5-7-4-6(10)2-3-8(7)13-9(5)14(11)12/h2-4H,1H3,(H,11,12)/p-1. The number of fused-ring (bicyclic) bond motifs is 1. The first kappa shape index (κ1) is 9.71.